The van der Waals surface area contributed by atoms with Crippen LogP contribution in [0.15, 0.2) is 60.9 Å². The largest absolute Gasteiger partial charge is 0.460 e. The van der Waals surface area contributed by atoms with Gasteiger partial charge in [-0.15, -0.1) is 0 Å². The smallest absolute Gasteiger partial charge is 0.310 e. The summed E-state index contributed by atoms with van der Waals surface area (Å²) < 4.78 is 24.6. The Labute approximate surface area is 190 Å². The second-order valence-electron chi connectivity index (χ2n) is 7.74. The Morgan fingerprint density at radius 1 is 1.21 bits per heavy atom. The van der Waals surface area contributed by atoms with Gasteiger partial charge in [0.25, 0.3) is 5.91 Å². The molecule has 1 fully saturated rings. The van der Waals surface area contributed by atoms with E-state index in [9.17, 15) is 14.0 Å². The molecule has 2 heterocycles. The number of rotatable bonds is 7. The molecule has 0 bridgehead atoms. The molecule has 0 spiro atoms. The van der Waals surface area contributed by atoms with Crippen molar-refractivity contribution >= 4 is 17.6 Å². The molecule has 33 heavy (non-hydrogen) atoms. The summed E-state index contributed by atoms with van der Waals surface area (Å²) >= 11 is 0. The summed E-state index contributed by atoms with van der Waals surface area (Å²) in [5.41, 5.74) is 9.53. The molecule has 1 aliphatic heterocycles. The van der Waals surface area contributed by atoms with Crippen LogP contribution < -0.4 is 11.1 Å². The summed E-state index contributed by atoms with van der Waals surface area (Å²) in [5.74, 6) is -1.38. The van der Waals surface area contributed by atoms with Gasteiger partial charge in [0.1, 0.15) is 6.10 Å². The van der Waals surface area contributed by atoms with Gasteiger partial charge in [0.15, 0.2) is 5.82 Å². The minimum absolute atomic E-state index is 0.0487. The van der Waals surface area contributed by atoms with Crippen LogP contribution in [-0.2, 0) is 27.2 Å². The average molecular weight is 449 g/mol. The number of nitrogens with two attached hydrogens (primary N) is 1. The molecule has 0 radical (unpaired) electrons. The number of hydrogen-bond acceptors (Lipinski definition) is 6. The highest BCUT2D eigenvalue weighted by molar-refractivity contribution is 6.05. The van der Waals surface area contributed by atoms with Gasteiger partial charge in [0.2, 0.25) is 0 Å². The Morgan fingerprint density at radius 3 is 2.85 bits per heavy atom. The van der Waals surface area contributed by atoms with E-state index >= 15 is 0 Å². The lowest BCUT2D eigenvalue weighted by Gasteiger charge is -2.13. The number of anilines is 1. The molecule has 1 saturated heterocycles. The molecule has 170 valence electrons. The van der Waals surface area contributed by atoms with Crippen LogP contribution in [-0.4, -0.2) is 36.2 Å². The van der Waals surface area contributed by atoms with Crippen LogP contribution in [0.4, 0.5) is 10.1 Å². The number of carbonyl (C=O) groups is 2. The molecule has 3 N–H and O–H groups in total. The summed E-state index contributed by atoms with van der Waals surface area (Å²) in [4.78, 5) is 28.7. The molecule has 0 aliphatic carbocycles. The fourth-order valence-electron chi connectivity index (χ4n) is 3.68. The number of esters is 1. The maximum absolute atomic E-state index is 13.9. The van der Waals surface area contributed by atoms with Crippen LogP contribution >= 0.6 is 0 Å². The van der Waals surface area contributed by atoms with Crippen molar-refractivity contribution in [1.82, 2.24) is 4.98 Å². The van der Waals surface area contributed by atoms with Crippen LogP contribution in [0.1, 0.15) is 27.9 Å². The summed E-state index contributed by atoms with van der Waals surface area (Å²) in [5, 5.41) is 2.56. The lowest BCUT2D eigenvalue weighted by Crippen LogP contribution is -2.19. The van der Waals surface area contributed by atoms with Gasteiger partial charge in [-0.1, -0.05) is 30.3 Å². The molecule has 1 aliphatic rings. The fourth-order valence-corrected chi connectivity index (χ4v) is 3.68. The van der Waals surface area contributed by atoms with E-state index in [4.69, 9.17) is 15.2 Å². The zero-order valence-electron chi connectivity index (χ0n) is 17.9. The van der Waals surface area contributed by atoms with Crippen molar-refractivity contribution < 1.29 is 23.5 Å². The van der Waals surface area contributed by atoms with Gasteiger partial charge < -0.3 is 20.5 Å². The van der Waals surface area contributed by atoms with Crippen molar-refractivity contribution in [3.8, 4) is 11.1 Å². The third-order valence-corrected chi connectivity index (χ3v) is 5.39. The Balaban J connectivity index is 1.55. The van der Waals surface area contributed by atoms with Gasteiger partial charge in [-0.3, -0.25) is 14.6 Å². The lowest BCUT2D eigenvalue weighted by atomic mass is 9.95. The van der Waals surface area contributed by atoms with Crippen molar-refractivity contribution in [1.29, 1.82) is 0 Å². The lowest BCUT2D eigenvalue weighted by molar-refractivity contribution is -0.148. The van der Waals surface area contributed by atoms with Crippen LogP contribution in [0.2, 0.25) is 0 Å². The van der Waals surface area contributed by atoms with E-state index in [2.05, 4.69) is 10.3 Å². The zero-order chi connectivity index (χ0) is 23.2. The predicted molar refractivity (Wildman–Crippen MR) is 121 cm³/mol. The van der Waals surface area contributed by atoms with E-state index in [-0.39, 0.29) is 30.7 Å². The number of halogens is 1. The summed E-state index contributed by atoms with van der Waals surface area (Å²) in [6, 6.07) is 14.0. The zero-order valence-corrected chi connectivity index (χ0v) is 17.9. The summed E-state index contributed by atoms with van der Waals surface area (Å²) in [6.07, 6.45) is 3.09. The maximum atomic E-state index is 13.9. The number of nitrogens with one attached hydrogen (secondary N) is 1. The highest BCUT2D eigenvalue weighted by atomic mass is 19.1. The Bertz CT molecular complexity index is 1160. The van der Waals surface area contributed by atoms with Crippen LogP contribution in [0.25, 0.3) is 11.1 Å². The first-order chi connectivity index (χ1) is 16.0. The number of nitrogens with zero attached hydrogens (tertiary/aromatic N) is 1. The molecule has 1 aromatic heterocycles. The van der Waals surface area contributed by atoms with E-state index in [1.54, 1.807) is 18.2 Å². The highest BCUT2D eigenvalue weighted by Gasteiger charge is 2.20. The normalized spacial score (nSPS) is 15.3. The van der Waals surface area contributed by atoms with Gasteiger partial charge in [0.05, 0.1) is 31.5 Å². The van der Waals surface area contributed by atoms with Gasteiger partial charge >= 0.3 is 5.97 Å². The maximum Gasteiger partial charge on any atom is 0.310 e. The van der Waals surface area contributed by atoms with Crippen molar-refractivity contribution in [3.63, 3.8) is 0 Å². The molecule has 7 nitrogen and oxygen atoms in total. The molecule has 8 heteroatoms. The average Bonchev–Trinajstić information content (AvgIpc) is 3.33. The molecular weight excluding hydrogens is 425 g/mol. The fraction of sp³-hybridized carbons (Fsp3) is 0.240. The van der Waals surface area contributed by atoms with Crippen LogP contribution in [0.3, 0.4) is 0 Å². The van der Waals surface area contributed by atoms with E-state index in [0.29, 0.717) is 25.2 Å². The number of carbonyl (C=O) groups excluding carboxylic acids is 2. The van der Waals surface area contributed by atoms with E-state index in [1.807, 2.05) is 24.3 Å². The Hall–Kier alpha value is -3.62. The minimum atomic E-state index is -0.617. The van der Waals surface area contributed by atoms with E-state index in [0.717, 1.165) is 28.5 Å². The van der Waals surface area contributed by atoms with Gasteiger partial charge in [-0.2, -0.15) is 0 Å². The van der Waals surface area contributed by atoms with Gasteiger partial charge in [-0.05, 0) is 40.5 Å². The molecule has 3 aromatic rings. The van der Waals surface area contributed by atoms with E-state index in [1.165, 1.54) is 12.3 Å². The molecule has 4 rings (SSSR count). The standard InChI is InChI=1S/C25H24FN3O4/c26-22-14-28-8-6-23(22)29-25(31)18-4-5-19(13-27)21(12-18)17-3-1-2-16(10-17)11-24(30)33-20-7-9-32-15-20/h1-6,8,10,12,14,20H,7,9,11,13,15,27H2,(H,28,29,31). The topological polar surface area (TPSA) is 104 Å². The van der Waals surface area contributed by atoms with Crippen molar-refractivity contribution in [2.75, 3.05) is 18.5 Å². The van der Waals surface area contributed by atoms with Gasteiger partial charge in [-0.25, -0.2) is 4.39 Å². The van der Waals surface area contributed by atoms with Crippen molar-refractivity contribution in [2.45, 2.75) is 25.5 Å². The quantitative estimate of drug-likeness (QED) is 0.536. The molecule has 1 atom stereocenters. The number of aromatic nitrogens is 1. The summed E-state index contributed by atoms with van der Waals surface area (Å²) in [6.45, 7) is 1.31. The Kier molecular flexibility index (Phi) is 7.07. The van der Waals surface area contributed by atoms with Crippen LogP contribution in [0.5, 0.6) is 0 Å². The van der Waals surface area contributed by atoms with Gasteiger partial charge in [0, 0.05) is 24.7 Å². The van der Waals surface area contributed by atoms with E-state index < -0.39 is 11.7 Å². The first kappa shape index (κ1) is 22.6. The number of hydrogen-bond donors (Lipinski definition) is 2. The monoisotopic (exact) mass is 449 g/mol. The third-order valence-electron chi connectivity index (χ3n) is 5.39. The summed E-state index contributed by atoms with van der Waals surface area (Å²) in [7, 11) is 0. The van der Waals surface area contributed by atoms with Crippen LogP contribution in [0, 0.1) is 5.82 Å². The highest BCUT2D eigenvalue weighted by Crippen LogP contribution is 2.27. The molecule has 1 unspecified atom stereocenters. The second-order valence-corrected chi connectivity index (χ2v) is 7.74. The second kappa shape index (κ2) is 10.3. The molecule has 0 saturated carbocycles. The first-order valence-electron chi connectivity index (χ1n) is 10.6. The first-order valence-corrected chi connectivity index (χ1v) is 10.6. The molecular formula is C25H24FN3O4. The third kappa shape index (κ3) is 5.60. The minimum Gasteiger partial charge on any atom is -0.460 e. The van der Waals surface area contributed by atoms with Crippen molar-refractivity contribution in [3.05, 3.63) is 83.4 Å². The Morgan fingerprint density at radius 2 is 2.09 bits per heavy atom. The molecule has 1 amide bonds. The number of amides is 1. The number of benzene rings is 2. The predicted octanol–water partition coefficient (Wildman–Crippen LogP) is 3.47. The number of ether oxygens (including phenoxy) is 2. The molecule has 2 aromatic carbocycles. The van der Waals surface area contributed by atoms with Crippen molar-refractivity contribution in [2.24, 2.45) is 5.73 Å². The SMILES string of the molecule is NCc1ccc(C(=O)Nc2ccncc2F)cc1-c1cccc(CC(=O)OC2CCOC2)c1. The number of pyridine rings is 1.